The van der Waals surface area contributed by atoms with Crippen molar-refractivity contribution < 1.29 is 28.2 Å². The molecule has 0 bridgehead atoms. The summed E-state index contributed by atoms with van der Waals surface area (Å²) in [5.74, 6) is 0.855. The SMILES string of the molecule is CCOc1cc(/C=C2\SC(=O)N(CCOc3ccccc3Cl)C2=O)cc(I)c1OCc1ccc(F)cc1. The van der Waals surface area contributed by atoms with Gasteiger partial charge >= 0.3 is 0 Å². The first-order valence-corrected chi connectivity index (χ1v) is 13.6. The molecule has 6 nitrogen and oxygen atoms in total. The van der Waals surface area contributed by atoms with E-state index in [2.05, 4.69) is 22.6 Å². The molecule has 0 radical (unpaired) electrons. The number of imide groups is 1. The Labute approximate surface area is 236 Å². The van der Waals surface area contributed by atoms with Gasteiger partial charge in [-0.1, -0.05) is 35.9 Å². The number of rotatable bonds is 10. The Bertz CT molecular complexity index is 1330. The zero-order valence-electron chi connectivity index (χ0n) is 19.7. The Hall–Kier alpha value is -2.76. The molecule has 4 rings (SSSR count). The van der Waals surface area contributed by atoms with Crippen LogP contribution in [0.4, 0.5) is 9.18 Å². The first-order valence-electron chi connectivity index (χ1n) is 11.3. The lowest BCUT2D eigenvalue weighted by molar-refractivity contribution is -0.123. The Morgan fingerprint density at radius 1 is 1.03 bits per heavy atom. The predicted molar refractivity (Wildman–Crippen MR) is 151 cm³/mol. The fraction of sp³-hybridized carbons (Fsp3) is 0.185. The van der Waals surface area contributed by atoms with Crippen LogP contribution in [-0.4, -0.2) is 35.8 Å². The highest BCUT2D eigenvalue weighted by Gasteiger charge is 2.35. The second kappa shape index (κ2) is 12.7. The van der Waals surface area contributed by atoms with Crippen molar-refractivity contribution in [1.29, 1.82) is 0 Å². The molecule has 1 heterocycles. The number of halogens is 3. The molecule has 0 unspecified atom stereocenters. The van der Waals surface area contributed by atoms with Crippen molar-refractivity contribution in [3.05, 3.63) is 91.1 Å². The van der Waals surface area contributed by atoms with Crippen LogP contribution in [-0.2, 0) is 11.4 Å². The van der Waals surface area contributed by atoms with E-state index in [0.717, 1.165) is 25.8 Å². The van der Waals surface area contributed by atoms with Gasteiger partial charge in [-0.2, -0.15) is 0 Å². The molecule has 0 spiro atoms. The number of para-hydroxylation sites is 1. The van der Waals surface area contributed by atoms with Gasteiger partial charge in [0.15, 0.2) is 11.5 Å². The minimum Gasteiger partial charge on any atom is -0.490 e. The lowest BCUT2D eigenvalue weighted by Crippen LogP contribution is -2.32. The van der Waals surface area contributed by atoms with Crippen LogP contribution in [0.3, 0.4) is 0 Å². The van der Waals surface area contributed by atoms with Crippen LogP contribution in [0, 0.1) is 9.39 Å². The third-order valence-electron chi connectivity index (χ3n) is 5.21. The third kappa shape index (κ3) is 6.97. The number of nitrogens with zero attached hydrogens (tertiary/aromatic N) is 1. The van der Waals surface area contributed by atoms with Gasteiger partial charge in [-0.25, -0.2) is 4.39 Å². The van der Waals surface area contributed by atoms with E-state index in [4.69, 9.17) is 25.8 Å². The summed E-state index contributed by atoms with van der Waals surface area (Å²) in [4.78, 5) is 26.9. The molecule has 37 heavy (non-hydrogen) atoms. The van der Waals surface area contributed by atoms with Crippen molar-refractivity contribution in [3.8, 4) is 17.2 Å². The lowest BCUT2D eigenvalue weighted by atomic mass is 10.1. The Balaban J connectivity index is 1.46. The fourth-order valence-corrected chi connectivity index (χ4v) is 5.30. The van der Waals surface area contributed by atoms with E-state index in [-0.39, 0.29) is 36.7 Å². The van der Waals surface area contributed by atoms with Gasteiger partial charge in [0.25, 0.3) is 11.1 Å². The van der Waals surface area contributed by atoms with E-state index in [9.17, 15) is 14.0 Å². The number of amides is 2. The summed E-state index contributed by atoms with van der Waals surface area (Å²) in [6, 6.07) is 16.7. The summed E-state index contributed by atoms with van der Waals surface area (Å²) >= 11 is 9.10. The predicted octanol–water partition coefficient (Wildman–Crippen LogP) is 7.18. The molecule has 1 fully saturated rings. The van der Waals surface area contributed by atoms with Gasteiger partial charge in [0.05, 0.1) is 26.6 Å². The van der Waals surface area contributed by atoms with Crippen molar-refractivity contribution >= 4 is 63.2 Å². The molecule has 1 aliphatic heterocycles. The van der Waals surface area contributed by atoms with Gasteiger partial charge in [-0.05, 0) is 94.9 Å². The van der Waals surface area contributed by atoms with Gasteiger partial charge in [0.1, 0.15) is 24.8 Å². The van der Waals surface area contributed by atoms with Crippen LogP contribution in [0.15, 0.2) is 65.6 Å². The van der Waals surface area contributed by atoms with Crippen molar-refractivity contribution in [2.75, 3.05) is 19.8 Å². The summed E-state index contributed by atoms with van der Waals surface area (Å²) in [6.45, 7) is 2.74. The highest BCUT2D eigenvalue weighted by atomic mass is 127. The van der Waals surface area contributed by atoms with Crippen LogP contribution >= 0.6 is 46.0 Å². The van der Waals surface area contributed by atoms with E-state index in [1.54, 1.807) is 48.5 Å². The summed E-state index contributed by atoms with van der Waals surface area (Å²) in [7, 11) is 0. The van der Waals surface area contributed by atoms with Crippen molar-refractivity contribution in [2.45, 2.75) is 13.5 Å². The van der Waals surface area contributed by atoms with Gasteiger partial charge in [-0.15, -0.1) is 0 Å². The minimum atomic E-state index is -0.387. The first-order chi connectivity index (χ1) is 17.9. The zero-order chi connectivity index (χ0) is 26.4. The number of ether oxygens (including phenoxy) is 3. The number of thioether (sulfide) groups is 1. The highest BCUT2D eigenvalue weighted by molar-refractivity contribution is 14.1. The minimum absolute atomic E-state index is 0.102. The van der Waals surface area contributed by atoms with Crippen LogP contribution in [0.2, 0.25) is 5.02 Å². The summed E-state index contributed by atoms with van der Waals surface area (Å²) in [5.41, 5.74) is 1.51. The van der Waals surface area contributed by atoms with Crippen molar-refractivity contribution in [2.24, 2.45) is 0 Å². The molecule has 2 amide bonds. The Morgan fingerprint density at radius 3 is 2.51 bits per heavy atom. The smallest absolute Gasteiger partial charge is 0.293 e. The van der Waals surface area contributed by atoms with Crippen molar-refractivity contribution in [1.82, 2.24) is 4.90 Å². The normalized spacial score (nSPS) is 14.4. The zero-order valence-corrected chi connectivity index (χ0v) is 23.4. The van der Waals surface area contributed by atoms with Crippen molar-refractivity contribution in [3.63, 3.8) is 0 Å². The van der Waals surface area contributed by atoms with E-state index < -0.39 is 0 Å². The maximum atomic E-state index is 13.2. The van der Waals surface area contributed by atoms with Crippen LogP contribution < -0.4 is 14.2 Å². The molecule has 0 atom stereocenters. The Kier molecular flexibility index (Phi) is 9.33. The molecule has 0 aromatic heterocycles. The number of hydrogen-bond donors (Lipinski definition) is 0. The number of carbonyl (C=O) groups is 2. The molecule has 1 aliphatic rings. The van der Waals surface area contributed by atoms with E-state index >= 15 is 0 Å². The molecule has 10 heteroatoms. The summed E-state index contributed by atoms with van der Waals surface area (Å²) < 4.78 is 31.3. The average Bonchev–Trinajstić information content (AvgIpc) is 3.13. The van der Waals surface area contributed by atoms with Gasteiger partial charge in [0.2, 0.25) is 0 Å². The molecule has 3 aromatic rings. The van der Waals surface area contributed by atoms with Crippen LogP contribution in [0.1, 0.15) is 18.1 Å². The fourth-order valence-electron chi connectivity index (χ4n) is 3.46. The second-order valence-electron chi connectivity index (χ2n) is 7.79. The largest absolute Gasteiger partial charge is 0.490 e. The van der Waals surface area contributed by atoms with Crippen LogP contribution in [0.5, 0.6) is 17.2 Å². The standard InChI is InChI=1S/C27H22ClFINO5S/c1-2-34-23-14-18(13-21(30)25(23)36-16-17-7-9-19(29)10-8-17)15-24-26(32)31(27(33)37-24)11-12-35-22-6-4-3-5-20(22)28/h3-10,13-15H,2,11-12,16H2,1H3/b24-15-. The maximum Gasteiger partial charge on any atom is 0.293 e. The lowest BCUT2D eigenvalue weighted by Gasteiger charge is -2.15. The average molecular weight is 654 g/mol. The summed E-state index contributed by atoms with van der Waals surface area (Å²) in [6.07, 6.45) is 1.66. The molecule has 0 N–H and O–H groups in total. The Morgan fingerprint density at radius 2 is 1.78 bits per heavy atom. The molecule has 192 valence electrons. The number of carbonyl (C=O) groups excluding carboxylic acids is 2. The second-order valence-corrected chi connectivity index (χ2v) is 10.4. The molecular weight excluding hydrogens is 632 g/mol. The highest BCUT2D eigenvalue weighted by Crippen LogP contribution is 2.38. The molecule has 3 aromatic carbocycles. The number of benzene rings is 3. The monoisotopic (exact) mass is 653 g/mol. The molecular formula is C27H22ClFINO5S. The molecule has 0 aliphatic carbocycles. The first kappa shape index (κ1) is 27.3. The summed E-state index contributed by atoms with van der Waals surface area (Å²) in [5, 5.41) is 0.0966. The maximum absolute atomic E-state index is 13.2. The van der Waals surface area contributed by atoms with Crippen LogP contribution in [0.25, 0.3) is 6.08 Å². The van der Waals surface area contributed by atoms with E-state index in [1.807, 2.05) is 13.0 Å². The van der Waals surface area contributed by atoms with Gasteiger partial charge in [-0.3, -0.25) is 14.5 Å². The quantitative estimate of drug-likeness (QED) is 0.171. The van der Waals surface area contributed by atoms with E-state index in [0.29, 0.717) is 39.3 Å². The van der Waals surface area contributed by atoms with E-state index in [1.165, 1.54) is 12.1 Å². The van der Waals surface area contributed by atoms with Gasteiger partial charge in [0, 0.05) is 0 Å². The van der Waals surface area contributed by atoms with Gasteiger partial charge < -0.3 is 14.2 Å². The molecule has 1 saturated heterocycles. The molecule has 0 saturated carbocycles. The number of hydrogen-bond acceptors (Lipinski definition) is 6. The topological polar surface area (TPSA) is 65.1 Å². The third-order valence-corrected chi connectivity index (χ3v) is 7.23.